The second kappa shape index (κ2) is 13.7. The summed E-state index contributed by atoms with van der Waals surface area (Å²) in [6, 6.07) is 8.83. The number of H-pyrrole nitrogens is 1. The Morgan fingerprint density at radius 1 is 1.14 bits per heavy atom. The summed E-state index contributed by atoms with van der Waals surface area (Å²) in [7, 11) is 0. The fourth-order valence-electron chi connectivity index (χ4n) is 5.80. The fourth-order valence-corrected chi connectivity index (χ4v) is 5.80. The van der Waals surface area contributed by atoms with Crippen molar-refractivity contribution in [2.45, 2.75) is 97.2 Å². The topological polar surface area (TPSA) is 52.2 Å². The molecule has 1 saturated heterocycles. The SMILES string of the molecule is CCCC#Cc1cccc(CN(C(=O)C2CCCC(C)CCC2)C2CCN(Cc3ncc[nH]3)CC2)c1. The second-order valence-electron chi connectivity index (χ2n) is 10.9. The first kappa shape index (κ1) is 26.5. The zero-order valence-electron chi connectivity index (χ0n) is 22.3. The number of hydrogen-bond donors (Lipinski definition) is 1. The molecule has 1 aromatic carbocycles. The number of likely N-dealkylation sites (tertiary alicyclic amines) is 1. The van der Waals surface area contributed by atoms with Gasteiger partial charge in [0, 0.05) is 56.0 Å². The van der Waals surface area contributed by atoms with E-state index in [2.05, 4.69) is 69.7 Å². The van der Waals surface area contributed by atoms with Gasteiger partial charge < -0.3 is 9.88 Å². The van der Waals surface area contributed by atoms with Crippen LogP contribution in [0.2, 0.25) is 0 Å². The van der Waals surface area contributed by atoms with Crippen molar-refractivity contribution in [1.82, 2.24) is 19.8 Å². The lowest BCUT2D eigenvalue weighted by atomic mass is 9.85. The zero-order chi connectivity index (χ0) is 25.2. The third-order valence-corrected chi connectivity index (χ3v) is 7.95. The predicted octanol–water partition coefficient (Wildman–Crippen LogP) is 6.16. The van der Waals surface area contributed by atoms with Gasteiger partial charge in [0.25, 0.3) is 0 Å². The molecule has 1 aliphatic carbocycles. The van der Waals surface area contributed by atoms with E-state index >= 15 is 0 Å². The first-order valence-electron chi connectivity index (χ1n) is 14.2. The quantitative estimate of drug-likeness (QED) is 0.475. The molecule has 2 heterocycles. The molecule has 2 fully saturated rings. The van der Waals surface area contributed by atoms with E-state index < -0.39 is 0 Å². The summed E-state index contributed by atoms with van der Waals surface area (Å²) in [5.74, 6) is 8.95. The van der Waals surface area contributed by atoms with Gasteiger partial charge in [0.15, 0.2) is 0 Å². The average molecular weight is 489 g/mol. The van der Waals surface area contributed by atoms with Crippen molar-refractivity contribution in [3.63, 3.8) is 0 Å². The standard InChI is InChI=1S/C31H44N4O/c1-3-4-5-11-26-12-8-13-27(22-26)23-35(31(36)28-14-6-9-25(2)10-7-15-28)29-16-20-34(21-17-29)24-30-32-18-19-33-30/h8,12-13,18-19,22,25,28-29H,3-4,6-7,9-10,14-17,20-21,23-24H2,1-2H3,(H,32,33). The Balaban J connectivity index is 1.47. The van der Waals surface area contributed by atoms with Crippen LogP contribution in [0.1, 0.15) is 95.0 Å². The maximum atomic E-state index is 14.1. The number of carbonyl (C=O) groups is 1. The largest absolute Gasteiger partial charge is 0.348 e. The van der Waals surface area contributed by atoms with E-state index in [1.54, 1.807) is 0 Å². The van der Waals surface area contributed by atoms with E-state index in [1.165, 1.54) is 31.2 Å². The molecule has 194 valence electrons. The molecule has 1 aliphatic heterocycles. The molecule has 0 radical (unpaired) electrons. The smallest absolute Gasteiger partial charge is 0.226 e. The highest BCUT2D eigenvalue weighted by molar-refractivity contribution is 5.79. The van der Waals surface area contributed by atoms with Crippen LogP contribution in [0, 0.1) is 23.7 Å². The molecule has 0 spiro atoms. The molecule has 0 bridgehead atoms. The Bertz CT molecular complexity index is 987. The van der Waals surface area contributed by atoms with Gasteiger partial charge in [-0.3, -0.25) is 9.69 Å². The maximum absolute atomic E-state index is 14.1. The number of nitrogens with zero attached hydrogens (tertiary/aromatic N) is 3. The number of imidazole rings is 1. The van der Waals surface area contributed by atoms with Crippen LogP contribution in [0.4, 0.5) is 0 Å². The summed E-state index contributed by atoms with van der Waals surface area (Å²) in [5, 5.41) is 0. The van der Waals surface area contributed by atoms with E-state index in [4.69, 9.17) is 0 Å². The molecule has 5 heteroatoms. The highest BCUT2D eigenvalue weighted by Gasteiger charge is 2.32. The Hall–Kier alpha value is -2.58. The summed E-state index contributed by atoms with van der Waals surface area (Å²) in [6.45, 7) is 8.07. The molecule has 2 aliphatic rings. The van der Waals surface area contributed by atoms with Crippen LogP contribution in [-0.2, 0) is 17.9 Å². The number of hydrogen-bond acceptors (Lipinski definition) is 3. The van der Waals surface area contributed by atoms with Crippen LogP contribution in [0.3, 0.4) is 0 Å². The van der Waals surface area contributed by atoms with Crippen molar-refractivity contribution >= 4 is 5.91 Å². The molecule has 0 unspecified atom stereocenters. The Morgan fingerprint density at radius 3 is 2.61 bits per heavy atom. The molecule has 1 saturated carbocycles. The van der Waals surface area contributed by atoms with Crippen LogP contribution in [-0.4, -0.2) is 44.8 Å². The number of carbonyl (C=O) groups excluding carboxylic acids is 1. The van der Waals surface area contributed by atoms with Crippen LogP contribution < -0.4 is 0 Å². The summed E-state index contributed by atoms with van der Waals surface area (Å²) in [6.07, 6.45) is 14.7. The first-order valence-corrected chi connectivity index (χ1v) is 14.2. The van der Waals surface area contributed by atoms with Gasteiger partial charge in [-0.25, -0.2) is 4.98 Å². The minimum atomic E-state index is 0.172. The number of aromatic nitrogens is 2. The first-order chi connectivity index (χ1) is 17.6. The molecule has 1 aromatic heterocycles. The van der Waals surface area contributed by atoms with Gasteiger partial charge in [0.1, 0.15) is 5.82 Å². The minimum absolute atomic E-state index is 0.172. The average Bonchev–Trinajstić information content (AvgIpc) is 3.38. The van der Waals surface area contributed by atoms with Gasteiger partial charge in [-0.15, -0.1) is 0 Å². The molecule has 2 aromatic rings. The van der Waals surface area contributed by atoms with Crippen LogP contribution >= 0.6 is 0 Å². The van der Waals surface area contributed by atoms with Crippen molar-refractivity contribution in [3.05, 3.63) is 53.6 Å². The number of aromatic amines is 1. The van der Waals surface area contributed by atoms with E-state index in [9.17, 15) is 4.79 Å². The van der Waals surface area contributed by atoms with Crippen molar-refractivity contribution in [2.75, 3.05) is 13.1 Å². The molecule has 1 amide bonds. The lowest BCUT2D eigenvalue weighted by molar-refractivity contribution is -0.140. The Labute approximate surface area is 218 Å². The molecule has 4 rings (SSSR count). The van der Waals surface area contributed by atoms with Gasteiger partial charge >= 0.3 is 0 Å². The number of benzene rings is 1. The Morgan fingerprint density at radius 2 is 1.92 bits per heavy atom. The third kappa shape index (κ3) is 7.71. The van der Waals surface area contributed by atoms with Crippen LogP contribution in [0.25, 0.3) is 0 Å². The highest BCUT2D eigenvalue weighted by atomic mass is 16.2. The maximum Gasteiger partial charge on any atom is 0.226 e. The van der Waals surface area contributed by atoms with Crippen molar-refractivity contribution < 1.29 is 4.79 Å². The van der Waals surface area contributed by atoms with Crippen molar-refractivity contribution in [3.8, 4) is 11.8 Å². The zero-order valence-corrected chi connectivity index (χ0v) is 22.3. The lowest BCUT2D eigenvalue weighted by Crippen LogP contribution is -2.48. The summed E-state index contributed by atoms with van der Waals surface area (Å²) in [5.41, 5.74) is 2.26. The van der Waals surface area contributed by atoms with Gasteiger partial charge in [-0.1, -0.05) is 63.5 Å². The van der Waals surface area contributed by atoms with E-state index in [-0.39, 0.29) is 5.92 Å². The fraction of sp³-hybridized carbons (Fsp3) is 0.613. The predicted molar refractivity (Wildman–Crippen MR) is 146 cm³/mol. The molecule has 36 heavy (non-hydrogen) atoms. The number of rotatable bonds is 7. The third-order valence-electron chi connectivity index (χ3n) is 7.95. The molecular formula is C31H44N4O. The van der Waals surface area contributed by atoms with Gasteiger partial charge in [0.05, 0.1) is 6.54 Å². The Kier molecular flexibility index (Phi) is 10.0. The van der Waals surface area contributed by atoms with Crippen molar-refractivity contribution in [1.29, 1.82) is 0 Å². The number of nitrogens with one attached hydrogen (secondary N) is 1. The highest BCUT2D eigenvalue weighted by Crippen LogP contribution is 2.30. The molecule has 1 N–H and O–H groups in total. The number of unbranched alkanes of at least 4 members (excludes halogenated alkanes) is 1. The van der Waals surface area contributed by atoms with Gasteiger partial charge in [-0.05, 0) is 55.7 Å². The normalized spacial score (nSPS) is 21.7. The van der Waals surface area contributed by atoms with Gasteiger partial charge in [0.2, 0.25) is 5.91 Å². The summed E-state index contributed by atoms with van der Waals surface area (Å²) >= 11 is 0. The van der Waals surface area contributed by atoms with E-state index in [0.717, 1.165) is 75.5 Å². The number of amides is 1. The monoisotopic (exact) mass is 488 g/mol. The number of piperidine rings is 1. The summed E-state index contributed by atoms with van der Waals surface area (Å²) < 4.78 is 0. The lowest BCUT2D eigenvalue weighted by Gasteiger charge is -2.40. The summed E-state index contributed by atoms with van der Waals surface area (Å²) in [4.78, 5) is 26.4. The van der Waals surface area contributed by atoms with Gasteiger partial charge in [-0.2, -0.15) is 0 Å². The van der Waals surface area contributed by atoms with Crippen molar-refractivity contribution in [2.24, 2.45) is 11.8 Å². The molecule has 0 atom stereocenters. The molecular weight excluding hydrogens is 444 g/mol. The second-order valence-corrected chi connectivity index (χ2v) is 10.9. The van der Waals surface area contributed by atoms with E-state index in [1.807, 2.05) is 12.4 Å². The molecule has 5 nitrogen and oxygen atoms in total. The van der Waals surface area contributed by atoms with Crippen LogP contribution in [0.15, 0.2) is 36.7 Å². The van der Waals surface area contributed by atoms with E-state index in [0.29, 0.717) is 18.5 Å². The minimum Gasteiger partial charge on any atom is -0.348 e. The van der Waals surface area contributed by atoms with Crippen LogP contribution in [0.5, 0.6) is 0 Å².